The summed E-state index contributed by atoms with van der Waals surface area (Å²) < 4.78 is 75.4. The van der Waals surface area contributed by atoms with Crippen LogP contribution in [0.4, 0.5) is 0 Å². The molecule has 7 aromatic carbocycles. The molecule has 0 fully saturated rings. The van der Waals surface area contributed by atoms with E-state index in [1.807, 2.05) is 128 Å². The molecule has 0 aliphatic heterocycles. The van der Waals surface area contributed by atoms with Gasteiger partial charge in [0.15, 0.2) is 0 Å². The molecule has 67 heavy (non-hydrogen) atoms. The van der Waals surface area contributed by atoms with Crippen LogP contribution in [0.25, 0.3) is 72.3 Å². The van der Waals surface area contributed by atoms with Crippen molar-refractivity contribution in [2.45, 2.75) is 86.4 Å². The molecule has 0 aliphatic rings. The second-order valence-electron chi connectivity index (χ2n) is 20.6. The average molecular weight is 884 g/mol. The highest BCUT2D eigenvalue weighted by Gasteiger charge is 2.25. The van der Waals surface area contributed by atoms with Crippen LogP contribution < -0.4 is 9.30 Å². The van der Waals surface area contributed by atoms with Crippen LogP contribution in [-0.2, 0) is 17.2 Å². The van der Waals surface area contributed by atoms with Crippen LogP contribution in [0.3, 0.4) is 0 Å². The van der Waals surface area contributed by atoms with E-state index in [4.69, 9.17) is 16.6 Å². The van der Waals surface area contributed by atoms with Gasteiger partial charge >= 0.3 is 0 Å². The molecular formula is C62H60N4O. The summed E-state index contributed by atoms with van der Waals surface area (Å²) in [6.45, 7) is 21.0. The van der Waals surface area contributed by atoms with Crippen molar-refractivity contribution >= 4 is 32.8 Å². The van der Waals surface area contributed by atoms with E-state index in [0.29, 0.717) is 34.1 Å². The minimum absolute atomic E-state index is 0.104. The van der Waals surface area contributed by atoms with Gasteiger partial charge in [-0.25, -0.2) is 4.98 Å². The quantitative estimate of drug-likeness (QED) is 0.113. The largest absolute Gasteiger partial charge is 0.458 e. The second kappa shape index (κ2) is 16.6. The Balaban J connectivity index is 1.15. The Morgan fingerprint density at radius 3 is 2.01 bits per heavy atom. The van der Waals surface area contributed by atoms with Crippen LogP contribution in [-0.4, -0.2) is 14.1 Å². The molecule has 0 unspecified atom stereocenters. The normalized spacial score (nSPS) is 14.1. The van der Waals surface area contributed by atoms with Crippen molar-refractivity contribution in [3.63, 3.8) is 0 Å². The van der Waals surface area contributed by atoms with Gasteiger partial charge in [0.2, 0.25) is 0 Å². The maximum absolute atomic E-state index is 9.25. The summed E-state index contributed by atoms with van der Waals surface area (Å²) in [5.41, 5.74) is 9.92. The lowest BCUT2D eigenvalue weighted by molar-refractivity contribution is -0.571. The molecule has 0 saturated heterocycles. The monoisotopic (exact) mass is 884 g/mol. The van der Waals surface area contributed by atoms with Crippen molar-refractivity contribution in [3.8, 4) is 50.9 Å². The lowest BCUT2D eigenvalue weighted by Crippen LogP contribution is -2.32. The van der Waals surface area contributed by atoms with Gasteiger partial charge in [-0.05, 0) is 123 Å². The fraction of sp³-hybridized carbons (Fsp3) is 0.226. The molecule has 0 atom stereocenters. The first-order valence-corrected chi connectivity index (χ1v) is 23.0. The van der Waals surface area contributed by atoms with E-state index in [9.17, 15) is 2.74 Å². The SMILES string of the molecule is [2H]c1c([2H])c([2H])c(-c2cccc(-c3cc(C(C)(C)C)cc(C(C)(C)C)c3)c2-[n+]2[c-]n(-c3cccc(Oc4ccc5c6ccccc6n(-c6cc(C([2H])([2H])C(C)(C)C)ccn6)c5c4)c3)c3cccc(C)c32)c([2H])c1[2H]. The minimum Gasteiger partial charge on any atom is -0.458 e. The molecule has 10 rings (SSSR count). The van der Waals surface area contributed by atoms with Crippen LogP contribution >= 0.6 is 0 Å². The number of nitrogens with zero attached hydrogens (tertiary/aromatic N) is 4. The molecule has 0 bridgehead atoms. The molecule has 0 spiro atoms. The Hall–Kier alpha value is -7.24. The highest BCUT2D eigenvalue weighted by Crippen LogP contribution is 2.40. The number of aromatic nitrogens is 4. The third kappa shape index (κ3) is 8.44. The Bertz CT molecular complexity index is 3820. The Morgan fingerprint density at radius 1 is 0.627 bits per heavy atom. The van der Waals surface area contributed by atoms with Crippen molar-refractivity contribution in [1.82, 2.24) is 14.1 Å². The van der Waals surface area contributed by atoms with Gasteiger partial charge in [-0.3, -0.25) is 13.7 Å². The first-order valence-electron chi connectivity index (χ1n) is 26.5. The third-order valence-electron chi connectivity index (χ3n) is 12.3. The Morgan fingerprint density at radius 2 is 1.28 bits per heavy atom. The van der Waals surface area contributed by atoms with Gasteiger partial charge in [0.25, 0.3) is 6.33 Å². The van der Waals surface area contributed by atoms with Crippen molar-refractivity contribution in [2.24, 2.45) is 5.41 Å². The van der Waals surface area contributed by atoms with Gasteiger partial charge < -0.3 is 4.74 Å². The van der Waals surface area contributed by atoms with Gasteiger partial charge in [0.1, 0.15) is 17.3 Å². The number of ether oxygens (including phenoxy) is 1. The molecule has 0 N–H and O–H groups in total. The number of benzene rings is 7. The maximum atomic E-state index is 9.25. The van der Waals surface area contributed by atoms with E-state index in [1.165, 1.54) is 0 Å². The van der Waals surface area contributed by atoms with Gasteiger partial charge in [-0.1, -0.05) is 171 Å². The zero-order chi connectivity index (χ0) is 53.0. The second-order valence-corrected chi connectivity index (χ2v) is 20.6. The third-order valence-corrected chi connectivity index (χ3v) is 12.3. The molecular weight excluding hydrogens is 817 g/mol. The van der Waals surface area contributed by atoms with Crippen molar-refractivity contribution < 1.29 is 18.9 Å². The summed E-state index contributed by atoms with van der Waals surface area (Å²) in [7, 11) is 0. The molecule has 0 saturated carbocycles. The van der Waals surface area contributed by atoms with Gasteiger partial charge in [-0.2, -0.15) is 0 Å². The van der Waals surface area contributed by atoms with E-state index < -0.39 is 29.9 Å². The molecule has 0 aliphatic carbocycles. The standard InChI is InChI=1S/C62H60N4O/c1-41-19-16-28-55-58(41)65(59-50(43-20-12-11-13-21-43)25-18-26-51(59)44-34-45(61(5,6)7)36-46(35-44)62(8,9)10)40-64(55)47-22-17-23-48(37-47)67-49-29-30-53-52-24-14-15-27-54(52)66(56(53)38-49)57-33-42(31-32-63-57)39-60(2,3)4/h11-38H,39H2,1-10H3/i11D,12D,13D,20D,21D,39D2. The highest BCUT2D eigenvalue weighted by atomic mass is 16.5. The predicted octanol–water partition coefficient (Wildman–Crippen LogP) is 15.8. The number of pyridine rings is 1. The topological polar surface area (TPSA) is 35.9 Å². The van der Waals surface area contributed by atoms with E-state index in [2.05, 4.69) is 88.8 Å². The van der Waals surface area contributed by atoms with Crippen LogP contribution in [0.15, 0.2) is 170 Å². The molecule has 10 aromatic rings. The molecule has 334 valence electrons. The zero-order valence-corrected chi connectivity index (χ0v) is 40.0. The number of imidazole rings is 1. The predicted molar refractivity (Wildman–Crippen MR) is 278 cm³/mol. The van der Waals surface area contributed by atoms with Gasteiger partial charge in [0.05, 0.1) is 40.3 Å². The number of aryl methyl sites for hydroxylation is 1. The number of hydrogen-bond acceptors (Lipinski definition) is 2. The number of hydrogen-bond donors (Lipinski definition) is 0. The summed E-state index contributed by atoms with van der Waals surface area (Å²) in [5.74, 6) is 1.77. The number of para-hydroxylation sites is 3. The van der Waals surface area contributed by atoms with Crippen molar-refractivity contribution in [2.75, 3.05) is 0 Å². The van der Waals surface area contributed by atoms with Crippen molar-refractivity contribution in [1.29, 1.82) is 0 Å². The molecule has 5 heteroatoms. The number of rotatable bonds is 8. The Labute approximate surface area is 405 Å². The lowest BCUT2D eigenvalue weighted by atomic mass is 9.78. The number of fused-ring (bicyclic) bond motifs is 4. The first kappa shape index (κ1) is 35.9. The fourth-order valence-electron chi connectivity index (χ4n) is 9.06. The molecule has 0 amide bonds. The smallest absolute Gasteiger partial charge is 0.269 e. The van der Waals surface area contributed by atoms with Gasteiger partial charge in [0, 0.05) is 25.8 Å². The van der Waals surface area contributed by atoms with E-state index in [1.54, 1.807) is 12.3 Å². The van der Waals surface area contributed by atoms with Crippen LogP contribution in [0.1, 0.15) is 94.2 Å². The van der Waals surface area contributed by atoms with Crippen LogP contribution in [0, 0.1) is 18.7 Å². The van der Waals surface area contributed by atoms with E-state index >= 15 is 0 Å². The summed E-state index contributed by atoms with van der Waals surface area (Å²) in [6, 6.07) is 42.3. The molecule has 0 radical (unpaired) electrons. The zero-order valence-electron chi connectivity index (χ0n) is 47.0. The van der Waals surface area contributed by atoms with Crippen LogP contribution in [0.5, 0.6) is 11.5 Å². The molecule has 3 heterocycles. The van der Waals surface area contributed by atoms with Crippen molar-refractivity contribution in [3.05, 3.63) is 198 Å². The van der Waals surface area contributed by atoms with Gasteiger partial charge in [-0.15, -0.1) is 0 Å². The van der Waals surface area contributed by atoms with Crippen LogP contribution in [0.2, 0.25) is 0 Å². The summed E-state index contributed by atoms with van der Waals surface area (Å²) in [4.78, 5) is 4.79. The lowest BCUT2D eigenvalue weighted by Gasteiger charge is -2.27. The highest BCUT2D eigenvalue weighted by molar-refractivity contribution is 6.09. The minimum atomic E-state index is -1.62. The summed E-state index contributed by atoms with van der Waals surface area (Å²) in [6.07, 6.45) is 3.78. The van der Waals surface area contributed by atoms with E-state index in [0.717, 1.165) is 66.3 Å². The first-order chi connectivity index (χ1) is 34.8. The summed E-state index contributed by atoms with van der Waals surface area (Å²) >= 11 is 0. The summed E-state index contributed by atoms with van der Waals surface area (Å²) in [5, 5.41) is 2.04. The van der Waals surface area contributed by atoms with E-state index in [-0.39, 0.29) is 28.5 Å². The molecule has 5 nitrogen and oxygen atoms in total. The average Bonchev–Trinajstić information content (AvgIpc) is 3.92. The fourth-order valence-corrected chi connectivity index (χ4v) is 9.06. The Kier molecular flexibility index (Phi) is 8.89. The molecule has 3 aromatic heterocycles. The maximum Gasteiger partial charge on any atom is 0.269 e.